The number of phenolic OH excluding ortho intramolecular Hbond substituents is 1. The zero-order valence-corrected chi connectivity index (χ0v) is 15.2. The van der Waals surface area contributed by atoms with Crippen LogP contribution in [-0.2, 0) is 16.7 Å². The molecule has 3 rings (SSSR count). The molecular weight excluding hydrogens is 338 g/mol. The molecule has 2 aromatic rings. The van der Waals surface area contributed by atoms with Crippen molar-refractivity contribution in [1.82, 2.24) is 5.32 Å². The second kappa shape index (κ2) is 8.09. The van der Waals surface area contributed by atoms with E-state index in [4.69, 9.17) is 21.1 Å². The predicted octanol–water partition coefficient (Wildman–Crippen LogP) is 3.89. The Bertz CT molecular complexity index is 697. The van der Waals surface area contributed by atoms with Gasteiger partial charge in [0.05, 0.1) is 7.11 Å². The van der Waals surface area contributed by atoms with Crippen molar-refractivity contribution < 1.29 is 14.6 Å². The number of aromatic hydroxyl groups is 1. The molecule has 25 heavy (non-hydrogen) atoms. The van der Waals surface area contributed by atoms with Gasteiger partial charge in [0.2, 0.25) is 0 Å². The van der Waals surface area contributed by atoms with Gasteiger partial charge in [-0.25, -0.2) is 0 Å². The molecule has 2 aromatic carbocycles. The van der Waals surface area contributed by atoms with Gasteiger partial charge in [-0.3, -0.25) is 0 Å². The third-order valence-electron chi connectivity index (χ3n) is 4.94. The molecule has 5 heteroatoms. The molecule has 0 bridgehead atoms. The molecule has 4 nitrogen and oxygen atoms in total. The maximum absolute atomic E-state index is 9.91. The van der Waals surface area contributed by atoms with Crippen LogP contribution in [0, 0.1) is 0 Å². The molecule has 134 valence electrons. The fourth-order valence-corrected chi connectivity index (χ4v) is 3.55. The number of rotatable bonds is 6. The maximum atomic E-state index is 9.91. The highest BCUT2D eigenvalue weighted by atomic mass is 35.5. The number of hydrogen-bond acceptors (Lipinski definition) is 4. The Morgan fingerprint density at radius 3 is 2.52 bits per heavy atom. The highest BCUT2D eigenvalue weighted by molar-refractivity contribution is 6.30. The first kappa shape index (κ1) is 18.1. The van der Waals surface area contributed by atoms with Crippen molar-refractivity contribution >= 4 is 11.6 Å². The monoisotopic (exact) mass is 361 g/mol. The highest BCUT2D eigenvalue weighted by Gasteiger charge is 2.34. The van der Waals surface area contributed by atoms with Crippen molar-refractivity contribution in [3.63, 3.8) is 0 Å². The van der Waals surface area contributed by atoms with E-state index in [1.807, 2.05) is 18.2 Å². The first-order valence-corrected chi connectivity index (χ1v) is 8.91. The third-order valence-corrected chi connectivity index (χ3v) is 5.19. The van der Waals surface area contributed by atoms with Gasteiger partial charge in [-0.05, 0) is 48.2 Å². The van der Waals surface area contributed by atoms with Crippen LogP contribution in [0.25, 0.3) is 0 Å². The van der Waals surface area contributed by atoms with Crippen LogP contribution in [0.1, 0.15) is 24.0 Å². The van der Waals surface area contributed by atoms with E-state index in [1.165, 1.54) is 5.56 Å². The smallest absolute Gasteiger partial charge is 0.160 e. The van der Waals surface area contributed by atoms with E-state index in [-0.39, 0.29) is 11.2 Å². The predicted molar refractivity (Wildman–Crippen MR) is 99.5 cm³/mol. The average molecular weight is 362 g/mol. The minimum Gasteiger partial charge on any atom is -0.504 e. The summed E-state index contributed by atoms with van der Waals surface area (Å²) in [6.07, 6.45) is 1.96. The summed E-state index contributed by atoms with van der Waals surface area (Å²) in [6, 6.07) is 13.6. The van der Waals surface area contributed by atoms with E-state index in [0.717, 1.165) is 43.2 Å². The minimum atomic E-state index is 0.0529. The summed E-state index contributed by atoms with van der Waals surface area (Å²) in [5, 5.41) is 14.2. The van der Waals surface area contributed by atoms with Crippen LogP contribution < -0.4 is 10.1 Å². The van der Waals surface area contributed by atoms with E-state index < -0.39 is 0 Å². The molecule has 0 unspecified atom stereocenters. The highest BCUT2D eigenvalue weighted by Crippen LogP contribution is 2.35. The van der Waals surface area contributed by atoms with Crippen molar-refractivity contribution in [3.8, 4) is 11.5 Å². The summed E-state index contributed by atoms with van der Waals surface area (Å²) in [5.41, 5.74) is 2.37. The fourth-order valence-electron chi connectivity index (χ4n) is 3.42. The van der Waals surface area contributed by atoms with Gasteiger partial charge in [0, 0.05) is 36.7 Å². The topological polar surface area (TPSA) is 50.7 Å². The van der Waals surface area contributed by atoms with E-state index in [1.54, 1.807) is 19.2 Å². The SMILES string of the molecule is COc1ccc(CNCC2(c3ccc(Cl)cc3)CCOCC2)cc1O. The van der Waals surface area contributed by atoms with Gasteiger partial charge in [-0.1, -0.05) is 29.8 Å². The first-order chi connectivity index (χ1) is 12.1. The van der Waals surface area contributed by atoms with Gasteiger partial charge in [0.15, 0.2) is 11.5 Å². The number of benzene rings is 2. The Hall–Kier alpha value is -1.75. The second-order valence-corrected chi connectivity index (χ2v) is 6.95. The molecule has 2 N–H and O–H groups in total. The van der Waals surface area contributed by atoms with Gasteiger partial charge in [0.25, 0.3) is 0 Å². The number of methoxy groups -OCH3 is 1. The molecule has 0 spiro atoms. The maximum Gasteiger partial charge on any atom is 0.160 e. The summed E-state index contributed by atoms with van der Waals surface area (Å²) in [4.78, 5) is 0. The largest absolute Gasteiger partial charge is 0.504 e. The molecule has 0 saturated carbocycles. The molecule has 1 aliphatic rings. The van der Waals surface area contributed by atoms with Gasteiger partial charge in [-0.15, -0.1) is 0 Å². The standard InChI is InChI=1S/C20H24ClNO3/c1-24-19-7-2-15(12-18(19)23)13-22-14-20(8-10-25-11-9-20)16-3-5-17(21)6-4-16/h2-7,12,22-23H,8-11,13-14H2,1H3. The van der Waals surface area contributed by atoms with Crippen LogP contribution in [0.4, 0.5) is 0 Å². The van der Waals surface area contributed by atoms with E-state index in [9.17, 15) is 5.11 Å². The minimum absolute atomic E-state index is 0.0529. The van der Waals surface area contributed by atoms with Crippen LogP contribution in [0.3, 0.4) is 0 Å². The summed E-state index contributed by atoms with van der Waals surface area (Å²) < 4.78 is 10.7. The Labute approximate surface area is 153 Å². The zero-order valence-electron chi connectivity index (χ0n) is 14.4. The summed E-state index contributed by atoms with van der Waals surface area (Å²) in [6.45, 7) is 3.08. The van der Waals surface area contributed by atoms with Crippen molar-refractivity contribution in [2.24, 2.45) is 0 Å². The van der Waals surface area contributed by atoms with Crippen LogP contribution in [0.2, 0.25) is 5.02 Å². The zero-order chi connectivity index (χ0) is 17.7. The number of hydrogen-bond donors (Lipinski definition) is 2. The summed E-state index contributed by atoms with van der Waals surface area (Å²) >= 11 is 6.05. The second-order valence-electron chi connectivity index (χ2n) is 6.51. The molecule has 0 atom stereocenters. The van der Waals surface area contributed by atoms with E-state index in [0.29, 0.717) is 12.3 Å². The fraction of sp³-hybridized carbons (Fsp3) is 0.400. The Kier molecular flexibility index (Phi) is 5.84. The van der Waals surface area contributed by atoms with E-state index >= 15 is 0 Å². The number of halogens is 1. The molecular formula is C20H24ClNO3. The van der Waals surface area contributed by atoms with E-state index in [2.05, 4.69) is 17.4 Å². The van der Waals surface area contributed by atoms with Crippen LogP contribution >= 0.6 is 11.6 Å². The number of phenols is 1. The Morgan fingerprint density at radius 2 is 1.88 bits per heavy atom. The van der Waals surface area contributed by atoms with Crippen molar-refractivity contribution in [3.05, 3.63) is 58.6 Å². The first-order valence-electron chi connectivity index (χ1n) is 8.53. The average Bonchev–Trinajstić information content (AvgIpc) is 2.63. The summed E-state index contributed by atoms with van der Waals surface area (Å²) in [7, 11) is 1.55. The molecule has 0 aromatic heterocycles. The molecule has 0 radical (unpaired) electrons. The van der Waals surface area contributed by atoms with Gasteiger partial charge >= 0.3 is 0 Å². The Morgan fingerprint density at radius 1 is 1.16 bits per heavy atom. The van der Waals surface area contributed by atoms with Gasteiger partial charge < -0.3 is 19.9 Å². The van der Waals surface area contributed by atoms with Gasteiger partial charge in [-0.2, -0.15) is 0 Å². The van der Waals surface area contributed by atoms with Gasteiger partial charge in [0.1, 0.15) is 0 Å². The lowest BCUT2D eigenvalue weighted by atomic mass is 9.74. The van der Waals surface area contributed by atoms with Crippen LogP contribution in [0.5, 0.6) is 11.5 Å². The molecule has 0 amide bonds. The summed E-state index contributed by atoms with van der Waals surface area (Å²) in [5.74, 6) is 0.658. The van der Waals surface area contributed by atoms with Crippen LogP contribution in [-0.4, -0.2) is 32.0 Å². The Balaban J connectivity index is 1.69. The molecule has 1 fully saturated rings. The lowest BCUT2D eigenvalue weighted by Crippen LogP contribution is -2.42. The number of ether oxygens (including phenoxy) is 2. The quantitative estimate of drug-likeness (QED) is 0.819. The molecule has 1 heterocycles. The van der Waals surface area contributed by atoms with Crippen molar-refractivity contribution in [2.45, 2.75) is 24.8 Å². The van der Waals surface area contributed by atoms with Crippen LogP contribution in [0.15, 0.2) is 42.5 Å². The normalized spacial score (nSPS) is 16.6. The molecule has 1 aliphatic heterocycles. The van der Waals surface area contributed by atoms with Crippen molar-refractivity contribution in [2.75, 3.05) is 26.9 Å². The van der Waals surface area contributed by atoms with Crippen molar-refractivity contribution in [1.29, 1.82) is 0 Å². The third kappa shape index (κ3) is 4.27. The molecule has 1 saturated heterocycles. The lowest BCUT2D eigenvalue weighted by Gasteiger charge is -2.38. The molecule has 0 aliphatic carbocycles. The number of nitrogens with one attached hydrogen (secondary N) is 1. The lowest BCUT2D eigenvalue weighted by molar-refractivity contribution is 0.0498.